The van der Waals surface area contributed by atoms with Gasteiger partial charge in [0.05, 0.1) is 31.6 Å². The Hall–Kier alpha value is -2.95. The van der Waals surface area contributed by atoms with Crippen molar-refractivity contribution >= 4 is 17.2 Å². The first-order valence-electron chi connectivity index (χ1n) is 9.94. The van der Waals surface area contributed by atoms with Crippen LogP contribution in [0.1, 0.15) is 43.9 Å². The molecule has 0 unspecified atom stereocenters. The average molecular weight is 392 g/mol. The third-order valence-corrected chi connectivity index (χ3v) is 5.71. The highest BCUT2D eigenvalue weighted by atomic mass is 16.5. The van der Waals surface area contributed by atoms with Crippen molar-refractivity contribution in [2.45, 2.75) is 39.7 Å². The van der Waals surface area contributed by atoms with Gasteiger partial charge >= 0.3 is 0 Å². The topological polar surface area (TPSA) is 59.6 Å². The van der Waals surface area contributed by atoms with Gasteiger partial charge in [0.15, 0.2) is 17.3 Å². The number of anilines is 2. The van der Waals surface area contributed by atoms with Crippen LogP contribution in [-0.2, 0) is 4.79 Å². The van der Waals surface area contributed by atoms with Gasteiger partial charge in [-0.3, -0.25) is 4.79 Å². The first kappa shape index (κ1) is 19.4. The Morgan fingerprint density at radius 3 is 2.45 bits per heavy atom. The zero-order valence-electron chi connectivity index (χ0n) is 17.7. The van der Waals surface area contributed by atoms with E-state index in [0.717, 1.165) is 40.2 Å². The lowest BCUT2D eigenvalue weighted by atomic mass is 9.73. The number of carbonyl (C=O) groups excluding carboxylic acids is 1. The molecule has 1 heterocycles. The van der Waals surface area contributed by atoms with Gasteiger partial charge in [-0.25, -0.2) is 0 Å². The summed E-state index contributed by atoms with van der Waals surface area (Å²) in [5.41, 5.74) is 5.86. The number of benzene rings is 2. The van der Waals surface area contributed by atoms with E-state index in [1.807, 2.05) is 18.2 Å². The van der Waals surface area contributed by atoms with E-state index >= 15 is 0 Å². The van der Waals surface area contributed by atoms with Crippen molar-refractivity contribution in [1.29, 1.82) is 0 Å². The van der Waals surface area contributed by atoms with E-state index in [9.17, 15) is 4.79 Å². The van der Waals surface area contributed by atoms with Gasteiger partial charge in [-0.15, -0.1) is 0 Å². The summed E-state index contributed by atoms with van der Waals surface area (Å²) in [5.74, 6) is 1.50. The van der Waals surface area contributed by atoms with Crippen molar-refractivity contribution in [2.75, 3.05) is 24.9 Å². The largest absolute Gasteiger partial charge is 0.493 e. The molecule has 5 heteroatoms. The summed E-state index contributed by atoms with van der Waals surface area (Å²) >= 11 is 0. The molecule has 152 valence electrons. The molecule has 2 N–H and O–H groups in total. The van der Waals surface area contributed by atoms with Gasteiger partial charge < -0.3 is 20.1 Å². The fourth-order valence-corrected chi connectivity index (χ4v) is 4.34. The highest BCUT2D eigenvalue weighted by Gasteiger charge is 2.38. The maximum Gasteiger partial charge on any atom is 0.163 e. The number of nitrogens with one attached hydrogen (secondary N) is 2. The normalized spacial score (nSPS) is 20.0. The maximum atomic E-state index is 13.3. The first-order chi connectivity index (χ1) is 13.8. The number of methoxy groups -OCH3 is 2. The lowest BCUT2D eigenvalue weighted by Gasteiger charge is -2.34. The van der Waals surface area contributed by atoms with Gasteiger partial charge in [-0.05, 0) is 54.2 Å². The number of Topliss-reactive ketones (excluding diaryl/α,β-unsaturated/α-hetero) is 1. The van der Waals surface area contributed by atoms with Crippen LogP contribution < -0.4 is 20.1 Å². The molecule has 0 aromatic heterocycles. The lowest BCUT2D eigenvalue weighted by molar-refractivity contribution is -0.118. The fraction of sp³-hybridized carbons (Fsp3) is 0.375. The third-order valence-electron chi connectivity index (χ3n) is 5.71. The van der Waals surface area contributed by atoms with Crippen LogP contribution in [0.2, 0.25) is 0 Å². The second kappa shape index (κ2) is 7.14. The van der Waals surface area contributed by atoms with Crippen molar-refractivity contribution in [2.24, 2.45) is 5.41 Å². The Balaban J connectivity index is 1.89. The minimum absolute atomic E-state index is 0.0692. The second-order valence-electron chi connectivity index (χ2n) is 8.70. The highest BCUT2D eigenvalue weighted by Crippen LogP contribution is 2.46. The molecular weight excluding hydrogens is 364 g/mol. The number of hydrogen-bond acceptors (Lipinski definition) is 5. The molecule has 1 aliphatic carbocycles. The predicted molar refractivity (Wildman–Crippen MR) is 116 cm³/mol. The summed E-state index contributed by atoms with van der Waals surface area (Å²) in [5, 5.41) is 7.19. The summed E-state index contributed by atoms with van der Waals surface area (Å²) in [6, 6.07) is 11.9. The molecular formula is C24H28N2O3. The van der Waals surface area contributed by atoms with Gasteiger partial charge in [0.2, 0.25) is 0 Å². The smallest absolute Gasteiger partial charge is 0.163 e. The van der Waals surface area contributed by atoms with Crippen LogP contribution in [0.5, 0.6) is 11.5 Å². The van der Waals surface area contributed by atoms with Crippen molar-refractivity contribution in [3.63, 3.8) is 0 Å². The number of rotatable bonds is 3. The fourth-order valence-electron chi connectivity index (χ4n) is 4.34. The summed E-state index contributed by atoms with van der Waals surface area (Å²) in [6.07, 6.45) is 1.36. The zero-order valence-corrected chi connectivity index (χ0v) is 17.7. The molecule has 1 aliphatic heterocycles. The molecule has 0 fully saturated rings. The molecule has 1 atom stereocenters. The maximum absolute atomic E-state index is 13.3. The van der Waals surface area contributed by atoms with E-state index in [2.05, 4.69) is 49.6 Å². The molecule has 0 bridgehead atoms. The van der Waals surface area contributed by atoms with Gasteiger partial charge in [0.1, 0.15) is 0 Å². The van der Waals surface area contributed by atoms with Crippen LogP contribution in [0.3, 0.4) is 0 Å². The second-order valence-corrected chi connectivity index (χ2v) is 8.70. The molecule has 0 saturated heterocycles. The molecule has 0 saturated carbocycles. The van der Waals surface area contributed by atoms with Gasteiger partial charge in [-0.2, -0.15) is 0 Å². The van der Waals surface area contributed by atoms with E-state index in [0.29, 0.717) is 17.9 Å². The van der Waals surface area contributed by atoms with Gasteiger partial charge in [0, 0.05) is 17.7 Å². The molecule has 2 aliphatic rings. The molecule has 2 aromatic carbocycles. The number of fused-ring (bicyclic) bond motifs is 1. The molecule has 0 spiro atoms. The lowest BCUT2D eigenvalue weighted by Crippen LogP contribution is -2.31. The monoisotopic (exact) mass is 392 g/mol. The van der Waals surface area contributed by atoms with Crippen LogP contribution in [0, 0.1) is 12.3 Å². The Bertz CT molecular complexity index is 1010. The Morgan fingerprint density at radius 1 is 0.966 bits per heavy atom. The van der Waals surface area contributed by atoms with E-state index in [4.69, 9.17) is 9.47 Å². The highest BCUT2D eigenvalue weighted by molar-refractivity contribution is 6.01. The van der Waals surface area contributed by atoms with Crippen LogP contribution in [0.25, 0.3) is 0 Å². The summed E-state index contributed by atoms with van der Waals surface area (Å²) in [7, 11) is 3.25. The Labute approximate surface area is 172 Å². The standard InChI is InChI=1S/C24H28N2O3/c1-14-6-8-16-17(10-14)26-23(15-7-9-20(28-4)21(11-15)29-5)22-18(25-16)12-24(2,3)13-19(22)27/h6-11,23,25-26H,12-13H2,1-5H3/t23-/m0/s1. The molecule has 4 rings (SSSR count). The SMILES string of the molecule is COc1ccc([C@@H]2Nc3cc(C)ccc3NC3=C2C(=O)CC(C)(C)C3)cc1OC. The van der Waals surface area contributed by atoms with Crippen molar-refractivity contribution < 1.29 is 14.3 Å². The Morgan fingerprint density at radius 2 is 1.72 bits per heavy atom. The van der Waals surface area contributed by atoms with Crippen LogP contribution in [-0.4, -0.2) is 20.0 Å². The van der Waals surface area contributed by atoms with Crippen molar-refractivity contribution in [1.82, 2.24) is 0 Å². The van der Waals surface area contributed by atoms with E-state index in [-0.39, 0.29) is 17.2 Å². The number of carbonyl (C=O) groups is 1. The van der Waals surface area contributed by atoms with E-state index in [1.165, 1.54) is 0 Å². The predicted octanol–water partition coefficient (Wildman–Crippen LogP) is 5.23. The average Bonchev–Trinajstić information content (AvgIpc) is 2.82. The zero-order chi connectivity index (χ0) is 20.8. The van der Waals surface area contributed by atoms with Crippen molar-refractivity contribution in [3.05, 3.63) is 58.8 Å². The van der Waals surface area contributed by atoms with E-state index < -0.39 is 0 Å². The molecule has 0 radical (unpaired) electrons. The molecule has 0 amide bonds. The number of allylic oxidation sites excluding steroid dienone is 1. The molecule has 5 nitrogen and oxygen atoms in total. The van der Waals surface area contributed by atoms with Crippen LogP contribution in [0.15, 0.2) is 47.7 Å². The third kappa shape index (κ3) is 3.57. The minimum Gasteiger partial charge on any atom is -0.493 e. The number of ketones is 1. The number of ether oxygens (including phenoxy) is 2. The quantitative estimate of drug-likeness (QED) is 0.749. The number of aryl methyl sites for hydroxylation is 1. The summed E-state index contributed by atoms with van der Waals surface area (Å²) in [4.78, 5) is 13.3. The van der Waals surface area contributed by atoms with Gasteiger partial charge in [0.25, 0.3) is 0 Å². The van der Waals surface area contributed by atoms with Crippen molar-refractivity contribution in [3.8, 4) is 11.5 Å². The first-order valence-corrected chi connectivity index (χ1v) is 9.94. The van der Waals surface area contributed by atoms with Crippen LogP contribution in [0.4, 0.5) is 11.4 Å². The number of hydrogen-bond donors (Lipinski definition) is 2. The summed E-state index contributed by atoms with van der Waals surface area (Å²) in [6.45, 7) is 6.37. The van der Waals surface area contributed by atoms with Gasteiger partial charge in [-0.1, -0.05) is 26.0 Å². The minimum atomic E-state index is -0.260. The Kier molecular flexibility index (Phi) is 4.77. The molecule has 29 heavy (non-hydrogen) atoms. The molecule has 2 aromatic rings. The van der Waals surface area contributed by atoms with Crippen LogP contribution >= 0.6 is 0 Å². The summed E-state index contributed by atoms with van der Waals surface area (Å²) < 4.78 is 10.9. The van der Waals surface area contributed by atoms with E-state index in [1.54, 1.807) is 14.2 Å².